The lowest BCUT2D eigenvalue weighted by Crippen LogP contribution is -2.29. The van der Waals surface area contributed by atoms with Crippen LogP contribution in [0.15, 0.2) is 66.2 Å². The van der Waals surface area contributed by atoms with E-state index in [4.69, 9.17) is 18.9 Å². The van der Waals surface area contributed by atoms with Crippen LogP contribution in [0.4, 0.5) is 10.1 Å². The van der Waals surface area contributed by atoms with Crippen LogP contribution in [0.3, 0.4) is 0 Å². The molecule has 1 atom stereocenters. The summed E-state index contributed by atoms with van der Waals surface area (Å²) in [4.78, 5) is 28.0. The number of methoxy groups -OCH3 is 1. The van der Waals surface area contributed by atoms with Crippen molar-refractivity contribution in [2.75, 3.05) is 25.4 Å². The van der Waals surface area contributed by atoms with Gasteiger partial charge < -0.3 is 24.1 Å². The number of aliphatic hydroxyl groups excluding tert-OH is 1. The van der Waals surface area contributed by atoms with Gasteiger partial charge in [0.2, 0.25) is 6.79 Å². The summed E-state index contributed by atoms with van der Waals surface area (Å²) in [5, 5.41) is 11.3. The zero-order valence-corrected chi connectivity index (χ0v) is 19.5. The van der Waals surface area contributed by atoms with Crippen LogP contribution in [0.1, 0.15) is 24.1 Å². The highest BCUT2D eigenvalue weighted by molar-refractivity contribution is 6.51. The first-order valence-corrected chi connectivity index (χ1v) is 11.2. The van der Waals surface area contributed by atoms with E-state index in [1.54, 1.807) is 42.5 Å². The van der Waals surface area contributed by atoms with Crippen LogP contribution >= 0.6 is 0 Å². The van der Waals surface area contributed by atoms with Crippen LogP contribution < -0.4 is 23.8 Å². The van der Waals surface area contributed by atoms with Gasteiger partial charge >= 0.3 is 0 Å². The summed E-state index contributed by atoms with van der Waals surface area (Å²) in [6, 6.07) is 14.3. The molecule has 8 nitrogen and oxygen atoms in total. The fourth-order valence-corrected chi connectivity index (χ4v) is 4.40. The molecule has 1 fully saturated rings. The fraction of sp³-hybridized carbons (Fsp3) is 0.185. The molecule has 1 saturated heterocycles. The second kappa shape index (κ2) is 9.26. The fourth-order valence-electron chi connectivity index (χ4n) is 4.40. The molecule has 1 amide bonds. The van der Waals surface area contributed by atoms with E-state index in [0.29, 0.717) is 35.1 Å². The molecule has 3 aromatic carbocycles. The molecule has 3 aromatic rings. The number of carbonyl (C=O) groups is 2. The number of benzene rings is 3. The molecule has 36 heavy (non-hydrogen) atoms. The van der Waals surface area contributed by atoms with Crippen LogP contribution in [-0.2, 0) is 9.59 Å². The van der Waals surface area contributed by atoms with Gasteiger partial charge in [-0.2, -0.15) is 0 Å². The predicted molar refractivity (Wildman–Crippen MR) is 128 cm³/mol. The molecule has 9 heteroatoms. The minimum atomic E-state index is -1.04. The van der Waals surface area contributed by atoms with Crippen molar-refractivity contribution >= 4 is 23.1 Å². The Hall–Kier alpha value is -4.53. The molecule has 0 saturated carbocycles. The van der Waals surface area contributed by atoms with E-state index in [1.807, 2.05) is 6.92 Å². The van der Waals surface area contributed by atoms with Crippen LogP contribution in [0, 0.1) is 5.82 Å². The van der Waals surface area contributed by atoms with Crippen LogP contribution in [0.5, 0.6) is 23.0 Å². The Labute approximate surface area is 206 Å². The number of aliphatic hydroxyl groups is 1. The number of anilines is 1. The van der Waals surface area contributed by atoms with Gasteiger partial charge in [0, 0.05) is 11.8 Å². The Morgan fingerprint density at radius 1 is 1.08 bits per heavy atom. The highest BCUT2D eigenvalue weighted by Gasteiger charge is 2.47. The summed E-state index contributed by atoms with van der Waals surface area (Å²) < 4.78 is 35.9. The van der Waals surface area contributed by atoms with E-state index in [9.17, 15) is 19.1 Å². The van der Waals surface area contributed by atoms with Crippen molar-refractivity contribution in [3.63, 3.8) is 0 Å². The van der Waals surface area contributed by atoms with Gasteiger partial charge in [-0.25, -0.2) is 4.39 Å². The van der Waals surface area contributed by atoms with E-state index in [1.165, 1.54) is 24.1 Å². The molecule has 0 aliphatic carbocycles. The molecule has 5 rings (SSSR count). The van der Waals surface area contributed by atoms with Crippen LogP contribution in [0.25, 0.3) is 5.76 Å². The van der Waals surface area contributed by atoms with Crippen LogP contribution in [-0.4, -0.2) is 37.3 Å². The zero-order chi connectivity index (χ0) is 25.4. The SMILES string of the molecule is CCOc1cccc(C2/C(=C(\O)c3cc(F)ccc3OC)C(=O)C(=O)N2c2ccc3c(c2)OCO3)c1. The van der Waals surface area contributed by atoms with Gasteiger partial charge in [-0.1, -0.05) is 12.1 Å². The Morgan fingerprint density at radius 3 is 2.67 bits per heavy atom. The number of halogens is 1. The van der Waals surface area contributed by atoms with Crippen molar-refractivity contribution in [3.05, 3.63) is 83.2 Å². The summed E-state index contributed by atoms with van der Waals surface area (Å²) in [7, 11) is 1.36. The largest absolute Gasteiger partial charge is 0.507 e. The highest BCUT2D eigenvalue weighted by Crippen LogP contribution is 2.46. The van der Waals surface area contributed by atoms with Gasteiger partial charge in [0.05, 0.1) is 30.9 Å². The van der Waals surface area contributed by atoms with E-state index >= 15 is 0 Å². The van der Waals surface area contributed by atoms with Gasteiger partial charge in [0.15, 0.2) is 11.5 Å². The number of carbonyl (C=O) groups excluding carboxylic acids is 2. The quantitative estimate of drug-likeness (QED) is 0.306. The molecule has 0 radical (unpaired) electrons. The number of ether oxygens (including phenoxy) is 4. The molecule has 0 spiro atoms. The molecule has 0 bridgehead atoms. The van der Waals surface area contributed by atoms with Crippen molar-refractivity contribution in [1.82, 2.24) is 0 Å². The Bertz CT molecular complexity index is 1400. The first-order valence-electron chi connectivity index (χ1n) is 11.2. The van der Waals surface area contributed by atoms with Crippen molar-refractivity contribution in [2.45, 2.75) is 13.0 Å². The predicted octanol–water partition coefficient (Wildman–Crippen LogP) is 4.59. The summed E-state index contributed by atoms with van der Waals surface area (Å²) in [6.07, 6.45) is 0. The van der Waals surface area contributed by atoms with Gasteiger partial charge in [0.1, 0.15) is 23.1 Å². The van der Waals surface area contributed by atoms with Crippen molar-refractivity contribution in [2.24, 2.45) is 0 Å². The van der Waals surface area contributed by atoms with Gasteiger partial charge in [-0.3, -0.25) is 14.5 Å². The second-order valence-corrected chi connectivity index (χ2v) is 8.06. The lowest BCUT2D eigenvalue weighted by Gasteiger charge is -2.26. The van der Waals surface area contributed by atoms with Crippen molar-refractivity contribution < 1.29 is 38.0 Å². The maximum Gasteiger partial charge on any atom is 0.300 e. The molecule has 1 N–H and O–H groups in total. The highest BCUT2D eigenvalue weighted by atomic mass is 19.1. The molecule has 2 aliphatic rings. The standard InChI is InChI=1S/C27H22FNO7/c1-3-34-18-6-4-5-15(11-18)24-23(25(30)19-12-16(28)7-9-20(19)33-2)26(31)27(32)29(24)17-8-10-21-22(13-17)36-14-35-21/h4-13,24,30H,3,14H2,1-2H3/b25-23+. The number of rotatable bonds is 6. The van der Waals surface area contributed by atoms with E-state index in [-0.39, 0.29) is 23.7 Å². The van der Waals surface area contributed by atoms with Gasteiger partial charge in [-0.15, -0.1) is 0 Å². The lowest BCUT2D eigenvalue weighted by atomic mass is 9.94. The summed E-state index contributed by atoms with van der Waals surface area (Å²) in [5.74, 6) is -1.39. The smallest absolute Gasteiger partial charge is 0.300 e. The normalized spacial score (nSPS) is 18.0. The molecular weight excluding hydrogens is 469 g/mol. The number of amides is 1. The number of nitrogens with zero attached hydrogens (tertiary/aromatic N) is 1. The lowest BCUT2D eigenvalue weighted by molar-refractivity contribution is -0.132. The topological polar surface area (TPSA) is 94.5 Å². The minimum Gasteiger partial charge on any atom is -0.507 e. The first-order chi connectivity index (χ1) is 17.4. The number of Topliss-reactive ketones (excluding diaryl/α,β-unsaturated/α-hetero) is 1. The number of fused-ring (bicyclic) bond motifs is 1. The number of hydrogen-bond donors (Lipinski definition) is 1. The third-order valence-electron chi connectivity index (χ3n) is 5.98. The monoisotopic (exact) mass is 491 g/mol. The Morgan fingerprint density at radius 2 is 1.89 bits per heavy atom. The van der Waals surface area contributed by atoms with Crippen molar-refractivity contribution in [3.8, 4) is 23.0 Å². The second-order valence-electron chi connectivity index (χ2n) is 8.06. The Balaban J connectivity index is 1.74. The number of ketones is 1. The maximum absolute atomic E-state index is 14.1. The van der Waals surface area contributed by atoms with E-state index in [2.05, 4.69) is 0 Å². The first kappa shape index (κ1) is 23.2. The van der Waals surface area contributed by atoms with Crippen molar-refractivity contribution in [1.29, 1.82) is 0 Å². The Kier molecular flexibility index (Phi) is 5.97. The maximum atomic E-state index is 14.1. The summed E-state index contributed by atoms with van der Waals surface area (Å²) >= 11 is 0. The summed E-state index contributed by atoms with van der Waals surface area (Å²) in [5.41, 5.74) is 0.607. The molecule has 1 unspecified atom stereocenters. The zero-order valence-electron chi connectivity index (χ0n) is 19.5. The average molecular weight is 491 g/mol. The molecular formula is C27H22FNO7. The third kappa shape index (κ3) is 3.88. The average Bonchev–Trinajstić information content (AvgIpc) is 3.46. The third-order valence-corrected chi connectivity index (χ3v) is 5.98. The van der Waals surface area contributed by atoms with E-state index < -0.39 is 29.3 Å². The molecule has 0 aromatic heterocycles. The minimum absolute atomic E-state index is 0.0385. The van der Waals surface area contributed by atoms with Gasteiger partial charge in [-0.05, 0) is 55.0 Å². The number of hydrogen-bond acceptors (Lipinski definition) is 7. The molecule has 184 valence electrons. The molecule has 2 aliphatic heterocycles. The van der Waals surface area contributed by atoms with E-state index in [0.717, 1.165) is 6.07 Å². The summed E-state index contributed by atoms with van der Waals surface area (Å²) in [6.45, 7) is 2.28. The van der Waals surface area contributed by atoms with Gasteiger partial charge in [0.25, 0.3) is 11.7 Å². The van der Waals surface area contributed by atoms with Crippen LogP contribution in [0.2, 0.25) is 0 Å². The molecule has 2 heterocycles.